The van der Waals surface area contributed by atoms with Gasteiger partial charge in [-0.3, -0.25) is 10.1 Å². The van der Waals surface area contributed by atoms with Gasteiger partial charge in [0.05, 0.1) is 17.7 Å². The molecule has 1 aromatic heterocycles. The van der Waals surface area contributed by atoms with Crippen LogP contribution in [0.25, 0.3) is 0 Å². The Morgan fingerprint density at radius 1 is 1.43 bits per heavy atom. The molecule has 2 aromatic rings. The van der Waals surface area contributed by atoms with Gasteiger partial charge in [0.25, 0.3) is 5.91 Å². The van der Waals surface area contributed by atoms with Gasteiger partial charge in [-0.25, -0.2) is 4.98 Å². The van der Waals surface area contributed by atoms with Crippen LogP contribution in [0, 0.1) is 0 Å². The van der Waals surface area contributed by atoms with Crippen LogP contribution in [0.2, 0.25) is 10.0 Å². The van der Waals surface area contributed by atoms with E-state index in [0.717, 1.165) is 0 Å². The van der Waals surface area contributed by atoms with Gasteiger partial charge in [-0.1, -0.05) is 23.2 Å². The van der Waals surface area contributed by atoms with Crippen molar-refractivity contribution in [2.45, 2.75) is 0 Å². The molecule has 0 atom stereocenters. The van der Waals surface area contributed by atoms with Crippen LogP contribution in [-0.2, 0) is 0 Å². The van der Waals surface area contributed by atoms with Gasteiger partial charge >= 0.3 is 0 Å². The Labute approximate surface area is 140 Å². The van der Waals surface area contributed by atoms with Crippen LogP contribution in [0.4, 0.5) is 5.13 Å². The zero-order valence-corrected chi connectivity index (χ0v) is 13.8. The number of carbonyl (C=O) groups excluding carboxylic acids is 1. The summed E-state index contributed by atoms with van der Waals surface area (Å²) < 4.78 is 5.11. The minimum atomic E-state index is -0.481. The van der Waals surface area contributed by atoms with Crippen molar-refractivity contribution in [3.8, 4) is 5.75 Å². The first kappa shape index (κ1) is 16.0. The number of aromatic nitrogens is 1. The number of thiocarbonyl (C=S) groups is 1. The third kappa shape index (κ3) is 4.04. The molecule has 2 N–H and O–H groups in total. The number of carbonyl (C=O) groups is 1. The Kier molecular flexibility index (Phi) is 5.35. The molecule has 1 heterocycles. The lowest BCUT2D eigenvalue weighted by molar-refractivity contribution is 0.0975. The van der Waals surface area contributed by atoms with E-state index in [2.05, 4.69) is 15.6 Å². The molecule has 0 bridgehead atoms. The molecule has 0 aliphatic rings. The maximum absolute atomic E-state index is 12.2. The summed E-state index contributed by atoms with van der Waals surface area (Å²) in [4.78, 5) is 16.2. The Morgan fingerprint density at radius 3 is 2.81 bits per heavy atom. The molecule has 0 saturated heterocycles. The van der Waals surface area contributed by atoms with Crippen molar-refractivity contribution in [2.75, 3.05) is 12.4 Å². The van der Waals surface area contributed by atoms with E-state index in [9.17, 15) is 4.79 Å². The lowest BCUT2D eigenvalue weighted by atomic mass is 10.2. The van der Waals surface area contributed by atoms with E-state index in [1.165, 1.54) is 30.6 Å². The topological polar surface area (TPSA) is 63.2 Å². The second kappa shape index (κ2) is 7.04. The van der Waals surface area contributed by atoms with Crippen molar-refractivity contribution < 1.29 is 9.53 Å². The van der Waals surface area contributed by atoms with E-state index in [0.29, 0.717) is 10.2 Å². The molecule has 0 spiro atoms. The van der Waals surface area contributed by atoms with E-state index in [4.69, 9.17) is 40.2 Å². The zero-order valence-electron chi connectivity index (χ0n) is 10.6. The highest BCUT2D eigenvalue weighted by molar-refractivity contribution is 7.80. The van der Waals surface area contributed by atoms with Crippen molar-refractivity contribution >= 4 is 62.9 Å². The number of methoxy groups -OCH3 is 1. The van der Waals surface area contributed by atoms with E-state index >= 15 is 0 Å². The summed E-state index contributed by atoms with van der Waals surface area (Å²) in [5.41, 5.74) is 0.193. The molecule has 0 aliphatic heterocycles. The second-order valence-corrected chi connectivity index (χ2v) is 5.86. The summed E-state index contributed by atoms with van der Waals surface area (Å²) in [6.45, 7) is 0. The summed E-state index contributed by atoms with van der Waals surface area (Å²) in [5, 5.41) is 8.35. The monoisotopic (exact) mass is 361 g/mol. The van der Waals surface area contributed by atoms with E-state index in [-0.39, 0.29) is 21.4 Å². The highest BCUT2D eigenvalue weighted by atomic mass is 35.5. The maximum atomic E-state index is 12.2. The number of hydrogen-bond donors (Lipinski definition) is 2. The third-order valence-electron chi connectivity index (χ3n) is 2.34. The summed E-state index contributed by atoms with van der Waals surface area (Å²) in [5.74, 6) is -0.249. The number of benzene rings is 1. The first-order valence-electron chi connectivity index (χ1n) is 5.56. The van der Waals surface area contributed by atoms with Crippen LogP contribution in [0.3, 0.4) is 0 Å². The predicted octanol–water partition coefficient (Wildman–Crippen LogP) is 3.59. The van der Waals surface area contributed by atoms with Crippen molar-refractivity contribution in [3.05, 3.63) is 39.3 Å². The largest absolute Gasteiger partial charge is 0.494 e. The molecule has 1 aromatic carbocycles. The number of anilines is 1. The fourth-order valence-electron chi connectivity index (χ4n) is 1.52. The predicted molar refractivity (Wildman–Crippen MR) is 88.8 cm³/mol. The van der Waals surface area contributed by atoms with E-state index in [1.807, 2.05) is 0 Å². The number of rotatable bonds is 3. The molecule has 1 amide bonds. The molecular weight excluding hydrogens is 353 g/mol. The molecular formula is C12H9Cl2N3O2S2. The molecule has 9 heteroatoms. The minimum absolute atomic E-state index is 0.119. The molecule has 0 unspecified atom stereocenters. The Morgan fingerprint density at radius 2 is 2.19 bits per heavy atom. The van der Waals surface area contributed by atoms with Gasteiger partial charge in [0, 0.05) is 16.6 Å². The van der Waals surface area contributed by atoms with Gasteiger partial charge in [-0.2, -0.15) is 0 Å². The molecule has 110 valence electrons. The number of hydrogen-bond acceptors (Lipinski definition) is 5. The lowest BCUT2D eigenvalue weighted by Crippen LogP contribution is -2.34. The molecule has 2 rings (SSSR count). The fourth-order valence-corrected chi connectivity index (χ4v) is 2.88. The van der Waals surface area contributed by atoms with Crippen LogP contribution in [-0.4, -0.2) is 23.1 Å². The Hall–Kier alpha value is -1.41. The second-order valence-electron chi connectivity index (χ2n) is 3.71. The van der Waals surface area contributed by atoms with Crippen molar-refractivity contribution in [2.24, 2.45) is 0 Å². The number of amides is 1. The number of thiazole rings is 1. The van der Waals surface area contributed by atoms with E-state index < -0.39 is 5.91 Å². The van der Waals surface area contributed by atoms with E-state index in [1.54, 1.807) is 11.6 Å². The number of nitrogens with zero attached hydrogens (tertiary/aromatic N) is 1. The zero-order chi connectivity index (χ0) is 15.4. The highest BCUT2D eigenvalue weighted by Crippen LogP contribution is 2.32. The Balaban J connectivity index is 2.15. The number of nitrogens with one attached hydrogen (secondary N) is 2. The third-order valence-corrected chi connectivity index (χ3v) is 3.73. The summed E-state index contributed by atoms with van der Waals surface area (Å²) in [6.07, 6.45) is 1.62. The van der Waals surface area contributed by atoms with Gasteiger partial charge in [0.1, 0.15) is 5.75 Å². The highest BCUT2D eigenvalue weighted by Gasteiger charge is 2.18. The van der Waals surface area contributed by atoms with Gasteiger partial charge < -0.3 is 10.1 Å². The van der Waals surface area contributed by atoms with Gasteiger partial charge in [0.2, 0.25) is 0 Å². The van der Waals surface area contributed by atoms with Gasteiger partial charge in [-0.05, 0) is 24.4 Å². The number of ether oxygens (including phenoxy) is 1. The lowest BCUT2D eigenvalue weighted by Gasteiger charge is -2.12. The van der Waals surface area contributed by atoms with Crippen LogP contribution in [0.1, 0.15) is 10.4 Å². The minimum Gasteiger partial charge on any atom is -0.494 e. The van der Waals surface area contributed by atoms with Gasteiger partial charge in [-0.15, -0.1) is 11.3 Å². The van der Waals surface area contributed by atoms with Crippen molar-refractivity contribution in [1.29, 1.82) is 0 Å². The standard InChI is InChI=1S/C12H9Cl2N3O2S2/c1-19-9-7(4-6(13)5-8(9)14)10(18)16-11(20)17-12-15-2-3-21-12/h2-5H,1H3,(H2,15,16,17,18,20). The summed E-state index contributed by atoms with van der Waals surface area (Å²) >= 11 is 18.3. The van der Waals surface area contributed by atoms with Crippen LogP contribution >= 0.6 is 46.8 Å². The van der Waals surface area contributed by atoms with Crippen LogP contribution < -0.4 is 15.4 Å². The van der Waals surface area contributed by atoms with Gasteiger partial charge in [0.15, 0.2) is 10.2 Å². The molecule has 0 aliphatic carbocycles. The normalized spacial score (nSPS) is 10.0. The quantitative estimate of drug-likeness (QED) is 0.818. The average molecular weight is 362 g/mol. The molecule has 0 radical (unpaired) electrons. The molecule has 0 fully saturated rings. The summed E-state index contributed by atoms with van der Waals surface area (Å²) in [6, 6.07) is 2.94. The SMILES string of the molecule is COc1c(Cl)cc(Cl)cc1C(=O)NC(=S)Nc1nccs1. The number of halogens is 2. The van der Waals surface area contributed by atoms with Crippen molar-refractivity contribution in [3.63, 3.8) is 0 Å². The van der Waals surface area contributed by atoms with Crippen LogP contribution in [0.15, 0.2) is 23.7 Å². The fraction of sp³-hybridized carbons (Fsp3) is 0.0833. The smallest absolute Gasteiger partial charge is 0.261 e. The Bertz CT molecular complexity index is 677. The molecule has 5 nitrogen and oxygen atoms in total. The molecule has 21 heavy (non-hydrogen) atoms. The molecule has 0 saturated carbocycles. The first-order chi connectivity index (χ1) is 10.0. The van der Waals surface area contributed by atoms with Crippen LogP contribution in [0.5, 0.6) is 5.75 Å². The summed E-state index contributed by atoms with van der Waals surface area (Å²) in [7, 11) is 1.41. The maximum Gasteiger partial charge on any atom is 0.261 e. The average Bonchev–Trinajstić information content (AvgIpc) is 2.90. The van der Waals surface area contributed by atoms with Crippen molar-refractivity contribution in [1.82, 2.24) is 10.3 Å². The first-order valence-corrected chi connectivity index (χ1v) is 7.60.